The second kappa shape index (κ2) is 7.99. The first-order chi connectivity index (χ1) is 13.2. The maximum Gasteiger partial charge on any atom is 0.179 e. The van der Waals surface area contributed by atoms with E-state index in [1.165, 1.54) is 7.11 Å². The number of sulfone groups is 1. The molecule has 1 aromatic carbocycles. The highest BCUT2D eigenvalue weighted by Crippen LogP contribution is 2.37. The van der Waals surface area contributed by atoms with Crippen LogP contribution in [0.15, 0.2) is 16.1 Å². The van der Waals surface area contributed by atoms with Crippen molar-refractivity contribution in [1.82, 2.24) is 0 Å². The Hall–Kier alpha value is -1.67. The van der Waals surface area contributed by atoms with Gasteiger partial charge in [0.2, 0.25) is 0 Å². The number of Topliss-reactive ketones (excluding diaryl/α,β-unsaturated/α-hetero) is 2. The van der Waals surface area contributed by atoms with E-state index in [9.17, 15) is 18.0 Å². The molecule has 0 bridgehead atoms. The van der Waals surface area contributed by atoms with Gasteiger partial charge in [0.25, 0.3) is 0 Å². The highest BCUT2D eigenvalue weighted by Gasteiger charge is 2.40. The van der Waals surface area contributed by atoms with Crippen LogP contribution >= 0.6 is 11.8 Å². The van der Waals surface area contributed by atoms with Crippen LogP contribution in [0.3, 0.4) is 0 Å². The van der Waals surface area contributed by atoms with Gasteiger partial charge < -0.3 is 4.84 Å². The summed E-state index contributed by atoms with van der Waals surface area (Å²) in [7, 11) is -2.05. The van der Waals surface area contributed by atoms with E-state index in [0.717, 1.165) is 12.8 Å². The quantitative estimate of drug-likeness (QED) is 0.420. The molecule has 0 radical (unpaired) electrons. The molecule has 3 rings (SSSR count). The second-order valence-corrected chi connectivity index (χ2v) is 10.5. The van der Waals surface area contributed by atoms with Crippen LogP contribution in [-0.4, -0.2) is 50.1 Å². The average molecular weight is 424 g/mol. The van der Waals surface area contributed by atoms with Crippen molar-refractivity contribution >= 4 is 38.9 Å². The van der Waals surface area contributed by atoms with Crippen molar-refractivity contribution in [1.29, 1.82) is 0 Å². The molecule has 0 amide bonds. The van der Waals surface area contributed by atoms with Crippen LogP contribution in [0.5, 0.6) is 0 Å². The minimum Gasteiger partial charge on any atom is -0.399 e. The lowest BCUT2D eigenvalue weighted by Gasteiger charge is -2.29. The Morgan fingerprint density at radius 2 is 2.00 bits per heavy atom. The molecular formula is C20H25NO5S2. The topological polar surface area (TPSA) is 89.9 Å². The number of carbonyl (C=O) groups excluding carboxylic acids is 2. The van der Waals surface area contributed by atoms with Gasteiger partial charge >= 0.3 is 0 Å². The Morgan fingerprint density at radius 1 is 1.29 bits per heavy atom. The molecule has 152 valence electrons. The van der Waals surface area contributed by atoms with Crippen LogP contribution < -0.4 is 0 Å². The molecule has 0 N–H and O–H groups in total. The zero-order valence-electron chi connectivity index (χ0n) is 16.6. The minimum atomic E-state index is -3.46. The third-order valence-electron chi connectivity index (χ3n) is 5.61. The molecule has 0 spiro atoms. The Balaban J connectivity index is 2.20. The number of benzene rings is 1. The normalized spacial score (nSPS) is 25.4. The Labute approximate surface area is 170 Å². The summed E-state index contributed by atoms with van der Waals surface area (Å²) in [6, 6.07) is 1.63. The molecule has 1 aliphatic heterocycles. The second-order valence-electron chi connectivity index (χ2n) is 7.33. The summed E-state index contributed by atoms with van der Waals surface area (Å²) < 4.78 is 25.4. The van der Waals surface area contributed by atoms with Crippen molar-refractivity contribution in [3.05, 3.63) is 28.3 Å². The SMILES string of the molecule is CON=C1CCS(=O)(=O)c2c(C)cc(C(=O)C3C(=O)CCCC3SC)c(C)c21. The van der Waals surface area contributed by atoms with Gasteiger partial charge in [-0.3, -0.25) is 9.59 Å². The van der Waals surface area contributed by atoms with Gasteiger partial charge in [0.15, 0.2) is 15.6 Å². The van der Waals surface area contributed by atoms with Gasteiger partial charge in [-0.2, -0.15) is 11.8 Å². The fourth-order valence-corrected chi connectivity index (χ4v) is 7.05. The lowest BCUT2D eigenvalue weighted by Crippen LogP contribution is -2.37. The van der Waals surface area contributed by atoms with E-state index < -0.39 is 15.8 Å². The number of ketones is 2. The van der Waals surface area contributed by atoms with Crippen molar-refractivity contribution in [2.24, 2.45) is 11.1 Å². The lowest BCUT2D eigenvalue weighted by atomic mass is 9.80. The van der Waals surface area contributed by atoms with Gasteiger partial charge in [-0.15, -0.1) is 0 Å². The van der Waals surface area contributed by atoms with E-state index in [1.54, 1.807) is 31.7 Å². The Bertz CT molecular complexity index is 965. The molecule has 2 atom stereocenters. The predicted molar refractivity (Wildman–Crippen MR) is 110 cm³/mol. The van der Waals surface area contributed by atoms with Gasteiger partial charge in [-0.25, -0.2) is 8.42 Å². The van der Waals surface area contributed by atoms with Crippen LogP contribution in [0.4, 0.5) is 0 Å². The highest BCUT2D eigenvalue weighted by molar-refractivity contribution is 7.99. The molecular weight excluding hydrogens is 398 g/mol. The molecule has 1 heterocycles. The van der Waals surface area contributed by atoms with Gasteiger partial charge in [0.1, 0.15) is 12.9 Å². The molecule has 6 nitrogen and oxygen atoms in total. The van der Waals surface area contributed by atoms with Crippen LogP contribution in [0.1, 0.15) is 52.7 Å². The summed E-state index contributed by atoms with van der Waals surface area (Å²) in [5.41, 5.74) is 2.47. The molecule has 1 fully saturated rings. The minimum absolute atomic E-state index is 0.0243. The van der Waals surface area contributed by atoms with Crippen molar-refractivity contribution in [3.8, 4) is 0 Å². The molecule has 1 saturated carbocycles. The number of aryl methyl sites for hydroxylation is 1. The number of oxime groups is 1. The van der Waals surface area contributed by atoms with Gasteiger partial charge in [-0.1, -0.05) is 5.16 Å². The largest absolute Gasteiger partial charge is 0.399 e. The summed E-state index contributed by atoms with van der Waals surface area (Å²) in [4.78, 5) is 31.1. The molecule has 0 saturated heterocycles. The first-order valence-corrected chi connectivity index (χ1v) is 12.2. The van der Waals surface area contributed by atoms with Crippen molar-refractivity contribution < 1.29 is 22.8 Å². The van der Waals surface area contributed by atoms with E-state index in [4.69, 9.17) is 4.84 Å². The molecule has 2 unspecified atom stereocenters. The first-order valence-electron chi connectivity index (χ1n) is 9.30. The van der Waals surface area contributed by atoms with E-state index in [0.29, 0.717) is 34.4 Å². The summed E-state index contributed by atoms with van der Waals surface area (Å²) in [5.74, 6) is -0.954. The molecule has 1 aliphatic carbocycles. The number of hydrogen-bond donors (Lipinski definition) is 0. The molecule has 28 heavy (non-hydrogen) atoms. The van der Waals surface area contributed by atoms with Crippen LogP contribution in [0.25, 0.3) is 0 Å². The Kier molecular flexibility index (Phi) is 6.00. The van der Waals surface area contributed by atoms with Gasteiger partial charge in [0.05, 0.1) is 22.3 Å². The van der Waals surface area contributed by atoms with Crippen molar-refractivity contribution in [2.75, 3.05) is 19.1 Å². The van der Waals surface area contributed by atoms with E-state index in [1.807, 2.05) is 6.26 Å². The van der Waals surface area contributed by atoms with Crippen LogP contribution in [-0.2, 0) is 19.5 Å². The standard InChI is InChI=1S/C20H25NO5S2/c1-11-10-13(19(23)18-15(22)6-5-7-16(18)27-4)12(2)17-14(21-26-3)8-9-28(24,25)20(11)17/h10,16,18H,5-9H2,1-4H3. The molecule has 8 heteroatoms. The fraction of sp³-hybridized carbons (Fsp3) is 0.550. The third-order valence-corrected chi connectivity index (χ3v) is 8.62. The number of carbonyl (C=O) groups is 2. The zero-order valence-corrected chi connectivity index (χ0v) is 18.2. The average Bonchev–Trinajstić information content (AvgIpc) is 2.65. The number of rotatable bonds is 4. The van der Waals surface area contributed by atoms with E-state index in [2.05, 4.69) is 5.16 Å². The van der Waals surface area contributed by atoms with Crippen molar-refractivity contribution in [3.63, 3.8) is 0 Å². The highest BCUT2D eigenvalue weighted by atomic mass is 32.2. The maximum atomic E-state index is 13.4. The summed E-state index contributed by atoms with van der Waals surface area (Å²) in [6.45, 7) is 3.43. The third kappa shape index (κ3) is 3.52. The number of nitrogens with zero attached hydrogens (tertiary/aromatic N) is 1. The van der Waals surface area contributed by atoms with Gasteiger partial charge in [-0.05, 0) is 50.1 Å². The van der Waals surface area contributed by atoms with Crippen LogP contribution in [0.2, 0.25) is 0 Å². The van der Waals surface area contributed by atoms with E-state index >= 15 is 0 Å². The summed E-state index contributed by atoms with van der Waals surface area (Å²) in [5, 5.41) is 3.98. The first kappa shape index (κ1) is 21.0. The lowest BCUT2D eigenvalue weighted by molar-refractivity contribution is -0.122. The summed E-state index contributed by atoms with van der Waals surface area (Å²) in [6.07, 6.45) is 4.21. The molecule has 2 aliphatic rings. The summed E-state index contributed by atoms with van der Waals surface area (Å²) >= 11 is 1.55. The van der Waals surface area contributed by atoms with Gasteiger partial charge in [0, 0.05) is 29.2 Å². The monoisotopic (exact) mass is 423 g/mol. The smallest absolute Gasteiger partial charge is 0.179 e. The predicted octanol–water partition coefficient (Wildman–Crippen LogP) is 3.11. The van der Waals surface area contributed by atoms with E-state index in [-0.39, 0.29) is 33.9 Å². The number of hydrogen-bond acceptors (Lipinski definition) is 7. The number of thioether (sulfide) groups is 1. The van der Waals surface area contributed by atoms with Crippen molar-refractivity contribution in [2.45, 2.75) is 49.7 Å². The fourth-order valence-electron chi connectivity index (χ4n) is 4.30. The Morgan fingerprint density at radius 3 is 2.64 bits per heavy atom. The molecule has 0 aromatic heterocycles. The van der Waals surface area contributed by atoms with Crippen LogP contribution in [0, 0.1) is 19.8 Å². The number of fused-ring (bicyclic) bond motifs is 1. The zero-order chi connectivity index (χ0) is 20.6. The maximum absolute atomic E-state index is 13.4. The molecule has 1 aromatic rings.